The summed E-state index contributed by atoms with van der Waals surface area (Å²) < 4.78 is 0. The summed E-state index contributed by atoms with van der Waals surface area (Å²) in [5.74, 6) is 0.716. The van der Waals surface area contributed by atoms with Gasteiger partial charge in [0.25, 0.3) is 0 Å². The number of carbonyl (C=O) groups is 1. The first-order chi connectivity index (χ1) is 5.75. The predicted molar refractivity (Wildman–Crippen MR) is 49.8 cm³/mol. The van der Waals surface area contributed by atoms with E-state index < -0.39 is 0 Å². The lowest BCUT2D eigenvalue weighted by Gasteiger charge is -2.26. The molecule has 0 unspecified atom stereocenters. The van der Waals surface area contributed by atoms with E-state index in [1.807, 2.05) is 6.92 Å². The van der Waals surface area contributed by atoms with Gasteiger partial charge in [0.1, 0.15) is 5.78 Å². The van der Waals surface area contributed by atoms with Gasteiger partial charge < -0.3 is 5.73 Å². The summed E-state index contributed by atoms with van der Waals surface area (Å²) in [7, 11) is 0. The van der Waals surface area contributed by atoms with Crippen molar-refractivity contribution < 1.29 is 4.79 Å². The van der Waals surface area contributed by atoms with E-state index in [0.29, 0.717) is 12.3 Å². The van der Waals surface area contributed by atoms with Crippen molar-refractivity contribution in [3.8, 4) is 0 Å². The van der Waals surface area contributed by atoms with Crippen LogP contribution in [0.25, 0.3) is 0 Å². The smallest absolute Gasteiger partial charge is 0.149 e. The Morgan fingerprint density at radius 2 is 2.00 bits per heavy atom. The van der Waals surface area contributed by atoms with E-state index >= 15 is 0 Å². The van der Waals surface area contributed by atoms with Crippen LogP contribution in [0.5, 0.6) is 0 Å². The number of carbonyl (C=O) groups excluding carboxylic acids is 1. The number of Topliss-reactive ketones (excluding diaryl/α,β-unsaturated/α-hetero) is 1. The predicted octanol–water partition coefficient (Wildman–Crippen LogP) is 1.87. The maximum Gasteiger partial charge on any atom is 0.149 e. The van der Waals surface area contributed by atoms with Gasteiger partial charge in [-0.1, -0.05) is 26.2 Å². The largest absolute Gasteiger partial charge is 0.321 e. The molecule has 0 heterocycles. The molecular formula is C10H19NO. The lowest BCUT2D eigenvalue weighted by molar-refractivity contribution is -0.121. The summed E-state index contributed by atoms with van der Waals surface area (Å²) in [6.45, 7) is 1.89. The average Bonchev–Trinajstić information content (AvgIpc) is 2.17. The molecule has 1 aliphatic rings. The number of hydrogen-bond donors (Lipinski definition) is 1. The Balaban J connectivity index is 2.39. The molecule has 0 radical (unpaired) electrons. The Bertz CT molecular complexity index is 150. The summed E-state index contributed by atoms with van der Waals surface area (Å²) in [5, 5.41) is 0. The van der Waals surface area contributed by atoms with Gasteiger partial charge in [0.05, 0.1) is 6.04 Å². The number of rotatable bonds is 3. The van der Waals surface area contributed by atoms with E-state index in [-0.39, 0.29) is 11.8 Å². The Morgan fingerprint density at radius 3 is 2.50 bits per heavy atom. The third-order valence-electron chi connectivity index (χ3n) is 2.88. The Hall–Kier alpha value is -0.370. The monoisotopic (exact) mass is 169 g/mol. The summed E-state index contributed by atoms with van der Waals surface area (Å²) in [5.41, 5.74) is 5.85. The fraction of sp³-hybridized carbons (Fsp3) is 0.900. The minimum absolute atomic E-state index is 0.171. The SMILES string of the molecule is CCC(=O)[C@@H](N)C1CCCCC1. The Labute approximate surface area is 74.5 Å². The topological polar surface area (TPSA) is 43.1 Å². The molecule has 1 saturated carbocycles. The van der Waals surface area contributed by atoms with Gasteiger partial charge in [-0.15, -0.1) is 0 Å². The van der Waals surface area contributed by atoms with Crippen molar-refractivity contribution in [2.45, 2.75) is 51.5 Å². The van der Waals surface area contributed by atoms with Gasteiger partial charge in [-0.3, -0.25) is 4.79 Å². The van der Waals surface area contributed by atoms with Gasteiger partial charge in [0.2, 0.25) is 0 Å². The first kappa shape index (κ1) is 9.72. The quantitative estimate of drug-likeness (QED) is 0.701. The van der Waals surface area contributed by atoms with Crippen molar-refractivity contribution >= 4 is 5.78 Å². The molecule has 2 N–H and O–H groups in total. The van der Waals surface area contributed by atoms with Crippen LogP contribution < -0.4 is 5.73 Å². The molecule has 0 aliphatic heterocycles. The van der Waals surface area contributed by atoms with Crippen LogP contribution >= 0.6 is 0 Å². The van der Waals surface area contributed by atoms with E-state index in [4.69, 9.17) is 5.73 Å². The van der Waals surface area contributed by atoms with Crippen molar-refractivity contribution in [1.82, 2.24) is 0 Å². The van der Waals surface area contributed by atoms with Crippen molar-refractivity contribution in [2.75, 3.05) is 0 Å². The van der Waals surface area contributed by atoms with Crippen molar-refractivity contribution in [1.29, 1.82) is 0 Å². The molecule has 1 rings (SSSR count). The summed E-state index contributed by atoms with van der Waals surface area (Å²) in [4.78, 5) is 11.3. The summed E-state index contributed by atoms with van der Waals surface area (Å²) in [6.07, 6.45) is 6.76. The van der Waals surface area contributed by atoms with Crippen LogP contribution in [-0.4, -0.2) is 11.8 Å². The van der Waals surface area contributed by atoms with Crippen LogP contribution in [0.2, 0.25) is 0 Å². The zero-order valence-corrected chi connectivity index (χ0v) is 7.88. The first-order valence-electron chi connectivity index (χ1n) is 5.04. The maximum absolute atomic E-state index is 11.3. The minimum atomic E-state index is -0.171. The van der Waals surface area contributed by atoms with Crippen molar-refractivity contribution in [2.24, 2.45) is 11.7 Å². The van der Waals surface area contributed by atoms with E-state index in [2.05, 4.69) is 0 Å². The third-order valence-corrected chi connectivity index (χ3v) is 2.88. The first-order valence-corrected chi connectivity index (χ1v) is 5.04. The molecule has 0 amide bonds. The molecule has 70 valence electrons. The van der Waals surface area contributed by atoms with Gasteiger partial charge in [0.15, 0.2) is 0 Å². The standard InChI is InChI=1S/C10H19NO/c1-2-9(12)10(11)8-6-4-3-5-7-8/h8,10H,2-7,11H2,1H3/t10-/m0/s1. The highest BCUT2D eigenvalue weighted by atomic mass is 16.1. The van der Waals surface area contributed by atoms with Crippen molar-refractivity contribution in [3.63, 3.8) is 0 Å². The number of ketones is 1. The number of nitrogens with two attached hydrogens (primary N) is 1. The highest BCUT2D eigenvalue weighted by molar-refractivity contribution is 5.83. The highest BCUT2D eigenvalue weighted by Crippen LogP contribution is 2.26. The van der Waals surface area contributed by atoms with Crippen LogP contribution in [0.4, 0.5) is 0 Å². The van der Waals surface area contributed by atoms with E-state index in [1.165, 1.54) is 19.3 Å². The van der Waals surface area contributed by atoms with E-state index in [0.717, 1.165) is 12.8 Å². The summed E-state index contributed by atoms with van der Waals surface area (Å²) >= 11 is 0. The van der Waals surface area contributed by atoms with Crippen LogP contribution in [0, 0.1) is 5.92 Å². The van der Waals surface area contributed by atoms with Gasteiger partial charge in [-0.2, -0.15) is 0 Å². The van der Waals surface area contributed by atoms with Gasteiger partial charge in [-0.05, 0) is 18.8 Å². The molecular weight excluding hydrogens is 150 g/mol. The van der Waals surface area contributed by atoms with Crippen LogP contribution in [0.1, 0.15) is 45.4 Å². The van der Waals surface area contributed by atoms with E-state index in [9.17, 15) is 4.79 Å². The molecule has 1 aliphatic carbocycles. The Kier molecular flexibility index (Phi) is 3.73. The zero-order valence-electron chi connectivity index (χ0n) is 7.88. The molecule has 1 fully saturated rings. The van der Waals surface area contributed by atoms with Crippen LogP contribution in [0.3, 0.4) is 0 Å². The molecule has 12 heavy (non-hydrogen) atoms. The third kappa shape index (κ3) is 2.31. The highest BCUT2D eigenvalue weighted by Gasteiger charge is 2.24. The normalized spacial score (nSPS) is 22.2. The molecule has 0 aromatic heterocycles. The van der Waals surface area contributed by atoms with Crippen LogP contribution in [-0.2, 0) is 4.79 Å². The second-order valence-electron chi connectivity index (χ2n) is 3.74. The molecule has 2 nitrogen and oxygen atoms in total. The second kappa shape index (κ2) is 4.61. The molecule has 0 spiro atoms. The number of hydrogen-bond acceptors (Lipinski definition) is 2. The fourth-order valence-corrected chi connectivity index (χ4v) is 1.99. The Morgan fingerprint density at radius 1 is 1.42 bits per heavy atom. The van der Waals surface area contributed by atoms with E-state index in [1.54, 1.807) is 0 Å². The lowest BCUT2D eigenvalue weighted by atomic mass is 9.82. The van der Waals surface area contributed by atoms with Gasteiger partial charge in [0, 0.05) is 6.42 Å². The minimum Gasteiger partial charge on any atom is -0.321 e. The average molecular weight is 169 g/mol. The summed E-state index contributed by atoms with van der Waals surface area (Å²) in [6, 6.07) is -0.171. The van der Waals surface area contributed by atoms with Gasteiger partial charge in [-0.25, -0.2) is 0 Å². The molecule has 0 saturated heterocycles. The lowest BCUT2D eigenvalue weighted by Crippen LogP contribution is -2.38. The molecule has 0 aromatic rings. The van der Waals surface area contributed by atoms with Gasteiger partial charge >= 0.3 is 0 Å². The van der Waals surface area contributed by atoms with Crippen LogP contribution in [0.15, 0.2) is 0 Å². The zero-order chi connectivity index (χ0) is 8.97. The fourth-order valence-electron chi connectivity index (χ4n) is 1.99. The maximum atomic E-state index is 11.3. The molecule has 2 heteroatoms. The van der Waals surface area contributed by atoms with Crippen molar-refractivity contribution in [3.05, 3.63) is 0 Å². The molecule has 0 aromatic carbocycles. The molecule has 1 atom stereocenters. The second-order valence-corrected chi connectivity index (χ2v) is 3.74. The molecule has 0 bridgehead atoms.